The second-order valence-electron chi connectivity index (χ2n) is 7.77. The van der Waals surface area contributed by atoms with E-state index < -0.39 is 0 Å². The zero-order valence-corrected chi connectivity index (χ0v) is 15.4. The molecule has 1 N–H and O–H groups in total. The van der Waals surface area contributed by atoms with Crippen molar-refractivity contribution in [1.82, 2.24) is 19.9 Å². The van der Waals surface area contributed by atoms with Crippen molar-refractivity contribution in [2.45, 2.75) is 18.9 Å². The summed E-state index contributed by atoms with van der Waals surface area (Å²) in [7, 11) is 2.13. The highest BCUT2D eigenvalue weighted by molar-refractivity contribution is 5.94. The highest BCUT2D eigenvalue weighted by atomic mass is 16.2. The van der Waals surface area contributed by atoms with Crippen molar-refractivity contribution in [2.24, 2.45) is 11.8 Å². The predicted molar refractivity (Wildman–Crippen MR) is 105 cm³/mol. The number of amides is 1. The maximum Gasteiger partial charge on any atom is 0.253 e. The summed E-state index contributed by atoms with van der Waals surface area (Å²) in [5.41, 5.74) is 1.67. The normalized spacial score (nSPS) is 24.3. The first-order valence-electron chi connectivity index (χ1n) is 9.56. The van der Waals surface area contributed by atoms with Crippen LogP contribution in [0.4, 0.5) is 5.82 Å². The van der Waals surface area contributed by atoms with Crippen molar-refractivity contribution < 1.29 is 4.79 Å². The molecular weight excluding hydrogens is 338 g/mol. The van der Waals surface area contributed by atoms with E-state index in [-0.39, 0.29) is 5.91 Å². The first-order chi connectivity index (χ1) is 13.2. The van der Waals surface area contributed by atoms with E-state index in [9.17, 15) is 4.79 Å². The van der Waals surface area contributed by atoms with Crippen LogP contribution in [0.15, 0.2) is 48.9 Å². The van der Waals surface area contributed by atoms with E-state index in [0.717, 1.165) is 48.3 Å². The van der Waals surface area contributed by atoms with Gasteiger partial charge in [-0.25, -0.2) is 9.97 Å². The van der Waals surface area contributed by atoms with Crippen LogP contribution in [0, 0.1) is 11.8 Å². The molecule has 6 nitrogen and oxygen atoms in total. The summed E-state index contributed by atoms with van der Waals surface area (Å²) in [6.45, 7) is 1.73. The fourth-order valence-electron chi connectivity index (χ4n) is 4.83. The van der Waals surface area contributed by atoms with Crippen molar-refractivity contribution in [3.05, 3.63) is 54.5 Å². The molecule has 2 aliphatic rings. The third kappa shape index (κ3) is 2.76. The lowest BCUT2D eigenvalue weighted by molar-refractivity contribution is 0.0779. The molecule has 3 heterocycles. The molecular formula is C21H23N5O. The standard InChI is InChI=1S/C21H23N5O/c1-25(20-18-7-8-22-19(18)23-13-24-20)17-9-15-11-26(12-16(15)10-17)21(27)14-5-3-2-4-6-14/h2-8,13,15-17H,9-12H2,1H3,(H,22,23,24)/t15-,16+,17+. The average Bonchev–Trinajstić information content (AvgIpc) is 3.41. The third-order valence-corrected chi connectivity index (χ3v) is 6.25. The van der Waals surface area contributed by atoms with Crippen molar-refractivity contribution >= 4 is 22.8 Å². The minimum atomic E-state index is 0.166. The number of aromatic amines is 1. The summed E-state index contributed by atoms with van der Waals surface area (Å²) in [6, 6.07) is 12.1. The molecule has 0 bridgehead atoms. The highest BCUT2D eigenvalue weighted by Gasteiger charge is 2.43. The number of nitrogens with one attached hydrogen (secondary N) is 1. The Labute approximate surface area is 158 Å². The molecule has 1 aliphatic carbocycles. The Kier molecular flexibility index (Phi) is 3.85. The molecule has 138 valence electrons. The Hall–Kier alpha value is -2.89. The van der Waals surface area contributed by atoms with Crippen LogP contribution in [0.3, 0.4) is 0 Å². The van der Waals surface area contributed by atoms with E-state index in [4.69, 9.17) is 0 Å². The lowest BCUT2D eigenvalue weighted by Crippen LogP contribution is -2.34. The van der Waals surface area contributed by atoms with E-state index in [1.165, 1.54) is 0 Å². The minimum Gasteiger partial charge on any atom is -0.356 e. The van der Waals surface area contributed by atoms with E-state index in [1.54, 1.807) is 6.33 Å². The number of rotatable bonds is 3. The molecule has 5 rings (SSSR count). The van der Waals surface area contributed by atoms with Gasteiger partial charge in [-0.1, -0.05) is 18.2 Å². The molecule has 6 heteroatoms. The van der Waals surface area contributed by atoms with Crippen LogP contribution in [0.1, 0.15) is 23.2 Å². The highest BCUT2D eigenvalue weighted by Crippen LogP contribution is 2.41. The molecule has 3 atom stereocenters. The smallest absolute Gasteiger partial charge is 0.253 e. The number of nitrogens with zero attached hydrogens (tertiary/aromatic N) is 4. The number of aromatic nitrogens is 3. The number of carbonyl (C=O) groups excluding carboxylic acids is 1. The van der Waals surface area contributed by atoms with Crippen LogP contribution in [0.25, 0.3) is 11.0 Å². The van der Waals surface area contributed by atoms with Gasteiger partial charge in [-0.05, 0) is 42.9 Å². The van der Waals surface area contributed by atoms with Crippen molar-refractivity contribution in [3.8, 4) is 0 Å². The number of benzene rings is 1. The fourth-order valence-corrected chi connectivity index (χ4v) is 4.83. The van der Waals surface area contributed by atoms with Gasteiger partial charge >= 0.3 is 0 Å². The summed E-state index contributed by atoms with van der Waals surface area (Å²) in [5, 5.41) is 1.07. The topological polar surface area (TPSA) is 65.1 Å². The fraction of sp³-hybridized carbons (Fsp3) is 0.381. The number of hydrogen-bond donors (Lipinski definition) is 1. The molecule has 1 aromatic carbocycles. The number of likely N-dealkylation sites (tertiary alicyclic amines) is 1. The van der Waals surface area contributed by atoms with Gasteiger partial charge in [0.2, 0.25) is 0 Å². The molecule has 1 saturated carbocycles. The Morgan fingerprint density at radius 2 is 1.85 bits per heavy atom. The minimum absolute atomic E-state index is 0.166. The molecule has 1 aliphatic heterocycles. The Balaban J connectivity index is 1.28. The second kappa shape index (κ2) is 6.37. The summed E-state index contributed by atoms with van der Waals surface area (Å²) in [5.74, 6) is 2.31. The Morgan fingerprint density at radius 1 is 1.11 bits per heavy atom. The van der Waals surface area contributed by atoms with Crippen LogP contribution in [0.2, 0.25) is 0 Å². The number of fused-ring (bicyclic) bond motifs is 2. The summed E-state index contributed by atoms with van der Waals surface area (Å²) >= 11 is 0. The molecule has 0 unspecified atom stereocenters. The molecule has 2 fully saturated rings. The number of hydrogen-bond acceptors (Lipinski definition) is 4. The second-order valence-corrected chi connectivity index (χ2v) is 7.77. The zero-order valence-electron chi connectivity index (χ0n) is 15.4. The van der Waals surface area contributed by atoms with Crippen molar-refractivity contribution in [2.75, 3.05) is 25.0 Å². The summed E-state index contributed by atoms with van der Waals surface area (Å²) < 4.78 is 0. The van der Waals surface area contributed by atoms with Crippen LogP contribution in [0.5, 0.6) is 0 Å². The first-order valence-corrected chi connectivity index (χ1v) is 9.56. The molecule has 0 radical (unpaired) electrons. The van der Waals surface area contributed by atoms with Gasteiger partial charge in [-0.2, -0.15) is 0 Å². The van der Waals surface area contributed by atoms with Crippen LogP contribution in [-0.4, -0.2) is 51.9 Å². The van der Waals surface area contributed by atoms with Gasteiger partial charge in [-0.15, -0.1) is 0 Å². The summed E-state index contributed by atoms with van der Waals surface area (Å²) in [6.07, 6.45) is 5.75. The summed E-state index contributed by atoms with van der Waals surface area (Å²) in [4.78, 5) is 29.0. The molecule has 1 saturated heterocycles. The molecule has 0 spiro atoms. The van der Waals surface area contributed by atoms with Crippen molar-refractivity contribution in [1.29, 1.82) is 0 Å². The van der Waals surface area contributed by atoms with Crippen LogP contribution >= 0.6 is 0 Å². The molecule has 2 aromatic heterocycles. The van der Waals surface area contributed by atoms with E-state index >= 15 is 0 Å². The van der Waals surface area contributed by atoms with E-state index in [0.29, 0.717) is 17.9 Å². The zero-order chi connectivity index (χ0) is 18.4. The maximum absolute atomic E-state index is 12.7. The predicted octanol–water partition coefficient (Wildman–Crippen LogP) is 2.94. The quantitative estimate of drug-likeness (QED) is 0.779. The van der Waals surface area contributed by atoms with Gasteiger partial charge in [0.25, 0.3) is 5.91 Å². The molecule has 1 amide bonds. The van der Waals surface area contributed by atoms with E-state index in [2.05, 4.69) is 26.9 Å². The van der Waals surface area contributed by atoms with E-state index in [1.807, 2.05) is 47.5 Å². The van der Waals surface area contributed by atoms with Gasteiger partial charge in [0, 0.05) is 37.9 Å². The SMILES string of the molecule is CN(c1ncnc2[nH]ccc12)[C@H]1C[C@@H]2CN(C(=O)c3ccccc3)C[C@@H]2C1. The third-order valence-electron chi connectivity index (χ3n) is 6.25. The first kappa shape index (κ1) is 16.3. The van der Waals surface area contributed by atoms with Gasteiger partial charge in [0.1, 0.15) is 17.8 Å². The van der Waals surface area contributed by atoms with Gasteiger partial charge in [0.15, 0.2) is 0 Å². The van der Waals surface area contributed by atoms with Gasteiger partial charge < -0.3 is 14.8 Å². The number of anilines is 1. The number of H-pyrrole nitrogens is 1. The monoisotopic (exact) mass is 361 g/mol. The maximum atomic E-state index is 12.7. The van der Waals surface area contributed by atoms with Gasteiger partial charge in [0.05, 0.1) is 5.39 Å². The van der Waals surface area contributed by atoms with Crippen LogP contribution < -0.4 is 4.90 Å². The molecule has 3 aromatic rings. The lowest BCUT2D eigenvalue weighted by atomic mass is 10.0. The molecule has 27 heavy (non-hydrogen) atoms. The number of carbonyl (C=O) groups is 1. The Morgan fingerprint density at radius 3 is 2.59 bits per heavy atom. The lowest BCUT2D eigenvalue weighted by Gasteiger charge is -2.28. The average molecular weight is 361 g/mol. The van der Waals surface area contributed by atoms with Crippen molar-refractivity contribution in [3.63, 3.8) is 0 Å². The Bertz CT molecular complexity index is 955. The van der Waals surface area contributed by atoms with Gasteiger partial charge in [-0.3, -0.25) is 4.79 Å². The largest absolute Gasteiger partial charge is 0.356 e. The van der Waals surface area contributed by atoms with Crippen LogP contribution in [-0.2, 0) is 0 Å².